The molecule has 1 aliphatic rings. The maximum atomic E-state index is 13.1. The Morgan fingerprint density at radius 2 is 1.40 bits per heavy atom. The van der Waals surface area contributed by atoms with E-state index in [2.05, 4.69) is 10.2 Å². The molecule has 0 spiro atoms. The zero-order chi connectivity index (χ0) is 20.8. The molecule has 0 aliphatic carbocycles. The maximum Gasteiger partial charge on any atom is 0.275 e. The largest absolute Gasteiger partial charge is 0.360 e. The van der Waals surface area contributed by atoms with Crippen LogP contribution >= 0.6 is 0 Å². The normalized spacial score (nSPS) is 14.7. The molecule has 0 unspecified atom stereocenters. The van der Waals surface area contributed by atoms with Gasteiger partial charge in [-0.2, -0.15) is 0 Å². The van der Waals surface area contributed by atoms with Crippen LogP contribution in [0, 0.1) is 5.82 Å². The van der Waals surface area contributed by atoms with E-state index in [0.717, 1.165) is 43.0 Å². The van der Waals surface area contributed by atoms with Gasteiger partial charge in [-0.15, -0.1) is 0 Å². The van der Waals surface area contributed by atoms with Crippen LogP contribution in [0.25, 0.3) is 0 Å². The van der Waals surface area contributed by atoms with Crippen LogP contribution in [0.2, 0.25) is 0 Å². The number of rotatable bonds is 6. The first-order chi connectivity index (χ1) is 14.7. The van der Waals surface area contributed by atoms with E-state index >= 15 is 0 Å². The molecule has 0 atom stereocenters. The summed E-state index contributed by atoms with van der Waals surface area (Å²) in [5, 5.41) is 3.23. The Bertz CT molecular complexity index is 900. The van der Waals surface area contributed by atoms with Crippen LogP contribution < -0.4 is 15.1 Å². The van der Waals surface area contributed by atoms with E-state index in [1.165, 1.54) is 17.0 Å². The van der Waals surface area contributed by atoms with E-state index in [4.69, 9.17) is 0 Å². The van der Waals surface area contributed by atoms with E-state index in [9.17, 15) is 9.18 Å². The summed E-state index contributed by atoms with van der Waals surface area (Å²) in [6.45, 7) is 3.93. The predicted molar refractivity (Wildman–Crippen MR) is 117 cm³/mol. The standard InChI is InChI=1S/C25H26FN3O/c26-22-11-13-23(14-12-22)29-17-15-28(16-18-29)19-24(30)27-25(20-7-3-1-4-8-20)21-9-5-2-6-10-21/h1-14,25H,15-19H2,(H,27,30)/p+1. The first-order valence-corrected chi connectivity index (χ1v) is 10.4. The number of halogens is 1. The zero-order valence-electron chi connectivity index (χ0n) is 16.9. The van der Waals surface area contributed by atoms with Crippen molar-refractivity contribution in [3.63, 3.8) is 0 Å². The number of hydrogen-bond donors (Lipinski definition) is 2. The summed E-state index contributed by atoms with van der Waals surface area (Å²) in [7, 11) is 0. The van der Waals surface area contributed by atoms with Crippen molar-refractivity contribution < 1.29 is 14.1 Å². The van der Waals surface area contributed by atoms with Crippen LogP contribution in [0.5, 0.6) is 0 Å². The molecular weight excluding hydrogens is 377 g/mol. The highest BCUT2D eigenvalue weighted by atomic mass is 19.1. The minimum Gasteiger partial charge on any atom is -0.360 e. The first kappa shape index (κ1) is 20.1. The summed E-state index contributed by atoms with van der Waals surface area (Å²) in [4.78, 5) is 16.4. The number of amides is 1. The molecular formula is C25H27FN3O+. The SMILES string of the molecule is O=C(C[NH+]1CCN(c2ccc(F)cc2)CC1)NC(c1ccccc1)c1ccccc1. The molecule has 4 rings (SSSR count). The fourth-order valence-electron chi connectivity index (χ4n) is 4.00. The third-order valence-corrected chi connectivity index (χ3v) is 5.64. The molecule has 3 aromatic rings. The molecule has 154 valence electrons. The highest BCUT2D eigenvalue weighted by Gasteiger charge is 2.24. The van der Waals surface area contributed by atoms with Crippen LogP contribution in [0.3, 0.4) is 0 Å². The maximum absolute atomic E-state index is 13.1. The van der Waals surface area contributed by atoms with Gasteiger partial charge < -0.3 is 15.1 Å². The van der Waals surface area contributed by atoms with Crippen molar-refractivity contribution in [2.45, 2.75) is 6.04 Å². The van der Waals surface area contributed by atoms with Gasteiger partial charge in [0.25, 0.3) is 5.91 Å². The Hall–Kier alpha value is -3.18. The highest BCUT2D eigenvalue weighted by Crippen LogP contribution is 2.21. The van der Waals surface area contributed by atoms with Crippen molar-refractivity contribution in [2.24, 2.45) is 0 Å². The highest BCUT2D eigenvalue weighted by molar-refractivity contribution is 5.78. The second kappa shape index (κ2) is 9.55. The molecule has 0 bridgehead atoms. The lowest BCUT2D eigenvalue weighted by Gasteiger charge is -2.33. The minimum absolute atomic E-state index is 0.0536. The number of hydrogen-bond acceptors (Lipinski definition) is 2. The number of piperazine rings is 1. The third kappa shape index (κ3) is 5.05. The van der Waals surface area contributed by atoms with Crippen molar-refractivity contribution in [2.75, 3.05) is 37.6 Å². The summed E-state index contributed by atoms with van der Waals surface area (Å²) in [6.07, 6.45) is 0. The molecule has 3 aromatic carbocycles. The molecule has 1 amide bonds. The quantitative estimate of drug-likeness (QED) is 0.662. The van der Waals surface area contributed by atoms with Gasteiger partial charge in [0.2, 0.25) is 0 Å². The van der Waals surface area contributed by atoms with Crippen molar-refractivity contribution in [1.82, 2.24) is 5.32 Å². The molecule has 4 nitrogen and oxygen atoms in total. The molecule has 1 aliphatic heterocycles. The van der Waals surface area contributed by atoms with Gasteiger partial charge in [0, 0.05) is 5.69 Å². The van der Waals surface area contributed by atoms with Crippen molar-refractivity contribution >= 4 is 11.6 Å². The molecule has 5 heteroatoms. The Balaban J connectivity index is 1.36. The number of nitrogens with one attached hydrogen (secondary N) is 2. The lowest BCUT2D eigenvalue weighted by molar-refractivity contribution is -0.892. The van der Waals surface area contributed by atoms with E-state index < -0.39 is 0 Å². The summed E-state index contributed by atoms with van der Waals surface area (Å²) >= 11 is 0. The third-order valence-electron chi connectivity index (χ3n) is 5.64. The summed E-state index contributed by atoms with van der Waals surface area (Å²) < 4.78 is 13.1. The summed E-state index contributed by atoms with van der Waals surface area (Å²) in [5.74, 6) is -0.163. The van der Waals surface area contributed by atoms with E-state index in [1.54, 1.807) is 0 Å². The Labute approximate surface area is 176 Å². The monoisotopic (exact) mass is 404 g/mol. The second-order valence-corrected chi connectivity index (χ2v) is 7.71. The number of benzene rings is 3. The minimum atomic E-state index is -0.217. The number of quaternary nitrogens is 1. The van der Waals surface area contributed by atoms with Gasteiger partial charge >= 0.3 is 0 Å². The summed E-state index contributed by atoms with van der Waals surface area (Å²) in [6, 6.07) is 26.6. The van der Waals surface area contributed by atoms with Gasteiger partial charge in [0.1, 0.15) is 5.82 Å². The molecule has 30 heavy (non-hydrogen) atoms. The Morgan fingerprint density at radius 1 is 0.867 bits per heavy atom. The molecule has 1 saturated heterocycles. The van der Waals surface area contributed by atoms with Gasteiger partial charge in [0.15, 0.2) is 6.54 Å². The number of carbonyl (C=O) groups is 1. The van der Waals surface area contributed by atoms with Crippen molar-refractivity contribution in [1.29, 1.82) is 0 Å². The van der Waals surface area contributed by atoms with Gasteiger partial charge in [0.05, 0.1) is 32.2 Å². The van der Waals surface area contributed by atoms with Gasteiger partial charge in [-0.1, -0.05) is 60.7 Å². The number of anilines is 1. The van der Waals surface area contributed by atoms with Gasteiger partial charge in [-0.3, -0.25) is 4.79 Å². The lowest BCUT2D eigenvalue weighted by atomic mass is 9.99. The average Bonchev–Trinajstić information content (AvgIpc) is 2.80. The molecule has 1 fully saturated rings. The molecule has 0 aromatic heterocycles. The molecule has 1 heterocycles. The predicted octanol–water partition coefficient (Wildman–Crippen LogP) is 2.44. The lowest BCUT2D eigenvalue weighted by Crippen LogP contribution is -3.16. The molecule has 0 saturated carbocycles. The van der Waals surface area contributed by atoms with Crippen LogP contribution in [0.15, 0.2) is 84.9 Å². The second-order valence-electron chi connectivity index (χ2n) is 7.71. The zero-order valence-corrected chi connectivity index (χ0v) is 16.9. The molecule has 2 N–H and O–H groups in total. The van der Waals surface area contributed by atoms with E-state index in [0.29, 0.717) is 6.54 Å². The fraction of sp³-hybridized carbons (Fsp3) is 0.240. The van der Waals surface area contributed by atoms with E-state index in [-0.39, 0.29) is 17.8 Å². The van der Waals surface area contributed by atoms with Crippen LogP contribution in [-0.2, 0) is 4.79 Å². The topological polar surface area (TPSA) is 36.8 Å². The Kier molecular flexibility index (Phi) is 6.40. The van der Waals surface area contributed by atoms with Gasteiger partial charge in [-0.25, -0.2) is 4.39 Å². The Morgan fingerprint density at radius 3 is 1.93 bits per heavy atom. The van der Waals surface area contributed by atoms with Crippen LogP contribution in [0.4, 0.5) is 10.1 Å². The first-order valence-electron chi connectivity index (χ1n) is 10.4. The van der Waals surface area contributed by atoms with Crippen molar-refractivity contribution in [3.8, 4) is 0 Å². The van der Waals surface area contributed by atoms with Crippen molar-refractivity contribution in [3.05, 3.63) is 102 Å². The fourth-order valence-corrected chi connectivity index (χ4v) is 4.00. The average molecular weight is 405 g/mol. The van der Waals surface area contributed by atoms with E-state index in [1.807, 2.05) is 72.8 Å². The van der Waals surface area contributed by atoms with Crippen LogP contribution in [-0.4, -0.2) is 38.6 Å². The number of nitrogens with zero attached hydrogens (tertiary/aromatic N) is 1. The van der Waals surface area contributed by atoms with Gasteiger partial charge in [-0.05, 0) is 35.4 Å². The summed E-state index contributed by atoms with van der Waals surface area (Å²) in [5.41, 5.74) is 3.19. The van der Waals surface area contributed by atoms with Crippen LogP contribution in [0.1, 0.15) is 17.2 Å². The number of carbonyl (C=O) groups excluding carboxylic acids is 1. The molecule has 0 radical (unpaired) electrons. The smallest absolute Gasteiger partial charge is 0.275 e.